The van der Waals surface area contributed by atoms with Crippen molar-refractivity contribution in [2.75, 3.05) is 5.32 Å². The second-order valence-corrected chi connectivity index (χ2v) is 6.30. The van der Waals surface area contributed by atoms with Crippen LogP contribution in [-0.4, -0.2) is 25.4 Å². The van der Waals surface area contributed by atoms with Crippen molar-refractivity contribution in [1.29, 1.82) is 0 Å². The maximum Gasteiger partial charge on any atom is 0.245 e. The molecule has 1 N–H and O–H groups in total. The molecule has 3 aromatic heterocycles. The van der Waals surface area contributed by atoms with Gasteiger partial charge >= 0.3 is 0 Å². The van der Waals surface area contributed by atoms with Crippen molar-refractivity contribution >= 4 is 22.6 Å². The number of carbonyl (C=O) groups is 1. The molecule has 26 heavy (non-hydrogen) atoms. The Labute approximate surface area is 150 Å². The lowest BCUT2D eigenvalue weighted by Gasteiger charge is -2.08. The van der Waals surface area contributed by atoms with Crippen LogP contribution in [0, 0.1) is 13.8 Å². The number of hydrogen-bond acceptors (Lipinski definition) is 4. The summed E-state index contributed by atoms with van der Waals surface area (Å²) in [6, 6.07) is 9.92. The molecule has 3 heterocycles. The van der Waals surface area contributed by atoms with Gasteiger partial charge in [0.25, 0.3) is 0 Å². The summed E-state index contributed by atoms with van der Waals surface area (Å²) in [5.74, 6) is 1.38. The van der Waals surface area contributed by atoms with E-state index in [1.54, 1.807) is 24.0 Å². The first-order chi connectivity index (χ1) is 12.5. The molecule has 0 radical (unpaired) electrons. The van der Waals surface area contributed by atoms with Gasteiger partial charge in [0.2, 0.25) is 5.91 Å². The normalized spacial score (nSPS) is 11.2. The third kappa shape index (κ3) is 2.77. The summed E-state index contributed by atoms with van der Waals surface area (Å²) in [5.41, 5.74) is 3.96. The molecule has 4 rings (SSSR count). The number of nitrogens with one attached hydrogen (secondary N) is 1. The van der Waals surface area contributed by atoms with Gasteiger partial charge in [-0.05, 0) is 37.6 Å². The molecule has 0 aliphatic heterocycles. The lowest BCUT2D eigenvalue weighted by molar-refractivity contribution is -0.116. The van der Waals surface area contributed by atoms with Gasteiger partial charge in [-0.25, -0.2) is 0 Å². The number of carbonyl (C=O) groups excluding carboxylic acids is 1. The average molecular weight is 349 g/mol. The van der Waals surface area contributed by atoms with Crippen LogP contribution < -0.4 is 5.32 Å². The summed E-state index contributed by atoms with van der Waals surface area (Å²) in [6.07, 6.45) is 3.57. The van der Waals surface area contributed by atoms with Crippen LogP contribution in [0.2, 0.25) is 0 Å². The van der Waals surface area contributed by atoms with Gasteiger partial charge in [0, 0.05) is 35.8 Å². The van der Waals surface area contributed by atoms with Crippen LogP contribution >= 0.6 is 0 Å². The summed E-state index contributed by atoms with van der Waals surface area (Å²) in [6.45, 7) is 4.08. The first kappa shape index (κ1) is 16.1. The molecule has 0 saturated heterocycles. The van der Waals surface area contributed by atoms with E-state index < -0.39 is 0 Å². The van der Waals surface area contributed by atoms with Crippen LogP contribution in [-0.2, 0) is 18.4 Å². The van der Waals surface area contributed by atoms with Gasteiger partial charge in [-0.1, -0.05) is 11.2 Å². The van der Waals surface area contributed by atoms with E-state index >= 15 is 0 Å². The molecule has 0 aliphatic rings. The van der Waals surface area contributed by atoms with E-state index in [0.717, 1.165) is 33.5 Å². The molecule has 4 aromatic rings. The number of rotatable bonds is 4. The molecule has 0 aliphatic carbocycles. The van der Waals surface area contributed by atoms with Gasteiger partial charge in [0.1, 0.15) is 18.1 Å². The van der Waals surface area contributed by atoms with Crippen molar-refractivity contribution in [2.45, 2.75) is 20.4 Å². The third-order valence-electron chi connectivity index (χ3n) is 4.50. The topological polar surface area (TPSA) is 77.9 Å². The Hall–Kier alpha value is -3.35. The quantitative estimate of drug-likeness (QED) is 0.613. The van der Waals surface area contributed by atoms with Crippen LogP contribution in [0.1, 0.15) is 11.5 Å². The highest BCUT2D eigenvalue weighted by molar-refractivity contribution is 5.92. The van der Waals surface area contributed by atoms with Crippen LogP contribution in [0.25, 0.3) is 22.0 Å². The molecule has 7 nitrogen and oxygen atoms in total. The minimum Gasteiger partial charge on any atom is -0.361 e. The summed E-state index contributed by atoms with van der Waals surface area (Å²) in [4.78, 5) is 12.3. The molecular weight excluding hydrogens is 330 g/mol. The smallest absolute Gasteiger partial charge is 0.245 e. The molecule has 0 fully saturated rings. The molecule has 1 aromatic carbocycles. The fourth-order valence-corrected chi connectivity index (χ4v) is 3.22. The first-order valence-corrected chi connectivity index (χ1v) is 8.33. The highest BCUT2D eigenvalue weighted by atomic mass is 16.5. The lowest BCUT2D eigenvalue weighted by atomic mass is 10.0. The molecule has 0 saturated carbocycles. The van der Waals surface area contributed by atoms with E-state index in [1.807, 2.05) is 42.8 Å². The highest BCUT2D eigenvalue weighted by Gasteiger charge is 2.13. The van der Waals surface area contributed by atoms with E-state index in [9.17, 15) is 4.79 Å². The van der Waals surface area contributed by atoms with Crippen molar-refractivity contribution < 1.29 is 9.32 Å². The molecule has 1 amide bonds. The summed E-state index contributed by atoms with van der Waals surface area (Å²) in [7, 11) is 1.79. The number of benzene rings is 1. The highest BCUT2D eigenvalue weighted by Crippen LogP contribution is 2.30. The van der Waals surface area contributed by atoms with E-state index in [4.69, 9.17) is 4.52 Å². The number of amides is 1. The van der Waals surface area contributed by atoms with E-state index in [1.165, 1.54) is 0 Å². The zero-order valence-corrected chi connectivity index (χ0v) is 14.9. The molecule has 132 valence electrons. The van der Waals surface area contributed by atoms with Crippen molar-refractivity contribution in [1.82, 2.24) is 19.5 Å². The van der Waals surface area contributed by atoms with Crippen LogP contribution in [0.4, 0.5) is 5.82 Å². The Kier molecular flexibility index (Phi) is 3.84. The van der Waals surface area contributed by atoms with Crippen LogP contribution in [0.3, 0.4) is 0 Å². The predicted octanol–water partition coefficient (Wildman–Crippen LogP) is 3.29. The van der Waals surface area contributed by atoms with Gasteiger partial charge in [0.15, 0.2) is 0 Å². The minimum absolute atomic E-state index is 0.0964. The zero-order valence-electron chi connectivity index (χ0n) is 14.9. The Bertz CT molecular complexity index is 1080. The first-order valence-electron chi connectivity index (χ1n) is 8.33. The number of hydrogen-bond donors (Lipinski definition) is 1. The molecule has 0 bridgehead atoms. The molecule has 0 atom stereocenters. The van der Waals surface area contributed by atoms with Gasteiger partial charge in [0.05, 0.1) is 11.9 Å². The van der Waals surface area contributed by atoms with Crippen molar-refractivity contribution in [3.8, 4) is 11.1 Å². The van der Waals surface area contributed by atoms with Gasteiger partial charge < -0.3 is 14.4 Å². The lowest BCUT2D eigenvalue weighted by Crippen LogP contribution is -2.19. The van der Waals surface area contributed by atoms with Crippen LogP contribution in [0.15, 0.2) is 47.2 Å². The number of aryl methyl sites for hydroxylation is 3. The Balaban J connectivity index is 1.60. The SMILES string of the molecule is Cc1noc(C)c1-c1ccc2c(ccn2CC(=O)Nc2ccnn2C)c1. The average Bonchev–Trinajstić information content (AvgIpc) is 3.28. The molecule has 7 heteroatoms. The number of anilines is 1. The van der Waals surface area contributed by atoms with Gasteiger partial charge in [-0.15, -0.1) is 0 Å². The Morgan fingerprint density at radius 2 is 2.08 bits per heavy atom. The maximum absolute atomic E-state index is 12.3. The Morgan fingerprint density at radius 1 is 1.23 bits per heavy atom. The number of aromatic nitrogens is 4. The zero-order chi connectivity index (χ0) is 18.3. The summed E-state index contributed by atoms with van der Waals surface area (Å²) in [5, 5.41) is 12.0. The summed E-state index contributed by atoms with van der Waals surface area (Å²) >= 11 is 0. The standard InChI is InChI=1S/C19H19N5O2/c1-12-19(13(2)26-22-12)15-4-5-16-14(10-15)7-9-24(16)11-18(25)21-17-6-8-20-23(17)3/h4-10H,11H2,1-3H3,(H,21,25). The fourth-order valence-electron chi connectivity index (χ4n) is 3.22. The van der Waals surface area contributed by atoms with Crippen molar-refractivity contribution in [2.24, 2.45) is 7.05 Å². The monoisotopic (exact) mass is 349 g/mol. The molecule has 0 spiro atoms. The second-order valence-electron chi connectivity index (χ2n) is 6.30. The Morgan fingerprint density at radius 3 is 2.77 bits per heavy atom. The molecular formula is C19H19N5O2. The number of nitrogens with zero attached hydrogens (tertiary/aromatic N) is 4. The van der Waals surface area contributed by atoms with Gasteiger partial charge in [-0.2, -0.15) is 5.10 Å². The minimum atomic E-state index is -0.0964. The second kappa shape index (κ2) is 6.18. The largest absolute Gasteiger partial charge is 0.361 e. The van der Waals surface area contributed by atoms with Gasteiger partial charge in [-0.3, -0.25) is 9.48 Å². The predicted molar refractivity (Wildman–Crippen MR) is 98.7 cm³/mol. The summed E-state index contributed by atoms with van der Waals surface area (Å²) < 4.78 is 8.82. The maximum atomic E-state index is 12.3. The molecule has 0 unspecified atom stereocenters. The van der Waals surface area contributed by atoms with Crippen LogP contribution in [0.5, 0.6) is 0 Å². The van der Waals surface area contributed by atoms with Crippen molar-refractivity contribution in [3.63, 3.8) is 0 Å². The number of fused-ring (bicyclic) bond motifs is 1. The third-order valence-corrected chi connectivity index (χ3v) is 4.50. The van der Waals surface area contributed by atoms with E-state index in [2.05, 4.69) is 21.6 Å². The fraction of sp³-hybridized carbons (Fsp3) is 0.211. The van der Waals surface area contributed by atoms with E-state index in [-0.39, 0.29) is 12.5 Å². The van der Waals surface area contributed by atoms with Crippen molar-refractivity contribution in [3.05, 3.63) is 54.2 Å². The van der Waals surface area contributed by atoms with E-state index in [0.29, 0.717) is 5.82 Å².